The maximum absolute atomic E-state index is 12.8. The second kappa shape index (κ2) is 9.32. The van der Waals surface area contributed by atoms with Gasteiger partial charge in [-0.25, -0.2) is 0 Å². The molecule has 0 aliphatic carbocycles. The fourth-order valence-corrected chi connectivity index (χ4v) is 4.13. The number of para-hydroxylation sites is 1. The minimum Gasteiger partial charge on any atom is -0.496 e. The van der Waals surface area contributed by atoms with E-state index < -0.39 is 0 Å². The van der Waals surface area contributed by atoms with Crippen LogP contribution in [-0.2, 0) is 6.54 Å². The highest BCUT2D eigenvalue weighted by Gasteiger charge is 2.19. The predicted molar refractivity (Wildman–Crippen MR) is 119 cm³/mol. The first-order valence-corrected chi connectivity index (χ1v) is 11.0. The number of Topliss-reactive ketones (excluding diaryl/α,β-unsaturated/α-hetero) is 1. The molecular formula is C22H18BrN3O3S. The van der Waals surface area contributed by atoms with E-state index in [9.17, 15) is 4.79 Å². The second-order valence-electron chi connectivity index (χ2n) is 6.39. The van der Waals surface area contributed by atoms with Crippen molar-refractivity contribution in [1.82, 2.24) is 14.8 Å². The Kier molecular flexibility index (Phi) is 6.35. The molecule has 2 heterocycles. The molecule has 0 aliphatic rings. The monoisotopic (exact) mass is 483 g/mol. The van der Waals surface area contributed by atoms with E-state index in [4.69, 9.17) is 9.15 Å². The first kappa shape index (κ1) is 20.4. The third-order valence-electron chi connectivity index (χ3n) is 4.43. The Morgan fingerprint density at radius 1 is 1.07 bits per heavy atom. The average molecular weight is 484 g/mol. The summed E-state index contributed by atoms with van der Waals surface area (Å²) >= 11 is 4.67. The van der Waals surface area contributed by atoms with Gasteiger partial charge in [0, 0.05) is 0 Å². The lowest BCUT2D eigenvalue weighted by Gasteiger charge is -2.10. The van der Waals surface area contributed by atoms with Gasteiger partial charge in [0.25, 0.3) is 0 Å². The molecule has 4 aromatic rings. The van der Waals surface area contributed by atoms with Crippen LogP contribution in [0.4, 0.5) is 0 Å². The number of carbonyl (C=O) groups is 1. The minimum atomic E-state index is -0.0333. The number of hydrogen-bond donors (Lipinski definition) is 0. The van der Waals surface area contributed by atoms with Gasteiger partial charge in [-0.3, -0.25) is 9.36 Å². The van der Waals surface area contributed by atoms with E-state index in [2.05, 4.69) is 26.1 Å². The van der Waals surface area contributed by atoms with Crippen LogP contribution in [0.15, 0.2) is 81.0 Å². The van der Waals surface area contributed by atoms with Gasteiger partial charge in [-0.15, -0.1) is 10.2 Å². The zero-order chi connectivity index (χ0) is 20.9. The summed E-state index contributed by atoms with van der Waals surface area (Å²) in [7, 11) is 1.56. The Bertz CT molecular complexity index is 1160. The van der Waals surface area contributed by atoms with Gasteiger partial charge in [-0.1, -0.05) is 54.2 Å². The van der Waals surface area contributed by atoms with Crippen LogP contribution >= 0.6 is 27.7 Å². The van der Waals surface area contributed by atoms with E-state index in [0.717, 1.165) is 5.56 Å². The molecule has 8 heteroatoms. The van der Waals surface area contributed by atoms with Crippen LogP contribution in [0.25, 0.3) is 11.6 Å². The highest BCUT2D eigenvalue weighted by Crippen LogP contribution is 2.29. The van der Waals surface area contributed by atoms with Gasteiger partial charge in [-0.05, 0) is 45.8 Å². The molecule has 0 amide bonds. The summed E-state index contributed by atoms with van der Waals surface area (Å²) in [5.74, 6) is 1.96. The number of thioether (sulfide) groups is 1. The minimum absolute atomic E-state index is 0.0333. The molecule has 6 nitrogen and oxygen atoms in total. The SMILES string of the molecule is COc1ccccc1C(=O)CSc1nnc(-c2ccc(Br)o2)n1Cc1ccccc1. The number of furan rings is 1. The van der Waals surface area contributed by atoms with Crippen molar-refractivity contribution in [2.45, 2.75) is 11.7 Å². The average Bonchev–Trinajstić information content (AvgIpc) is 3.38. The lowest BCUT2D eigenvalue weighted by atomic mass is 10.1. The highest BCUT2D eigenvalue weighted by atomic mass is 79.9. The number of rotatable bonds is 8. The summed E-state index contributed by atoms with van der Waals surface area (Å²) < 4.78 is 13.6. The van der Waals surface area contributed by atoms with Gasteiger partial charge in [0.05, 0.1) is 25.0 Å². The van der Waals surface area contributed by atoms with E-state index in [1.165, 1.54) is 11.8 Å². The molecule has 0 spiro atoms. The fourth-order valence-electron chi connectivity index (χ4n) is 3.00. The maximum Gasteiger partial charge on any atom is 0.200 e. The van der Waals surface area contributed by atoms with Crippen LogP contribution in [0.2, 0.25) is 0 Å². The van der Waals surface area contributed by atoms with Gasteiger partial charge in [-0.2, -0.15) is 0 Å². The van der Waals surface area contributed by atoms with Crippen LogP contribution < -0.4 is 4.74 Å². The molecule has 30 heavy (non-hydrogen) atoms. The number of ether oxygens (including phenoxy) is 1. The molecule has 2 aromatic carbocycles. The van der Waals surface area contributed by atoms with E-state index in [-0.39, 0.29) is 11.5 Å². The lowest BCUT2D eigenvalue weighted by Crippen LogP contribution is -2.08. The molecule has 0 radical (unpaired) electrons. The number of carbonyl (C=O) groups excluding carboxylic acids is 1. The Labute approximate surface area is 186 Å². The standard InChI is InChI=1S/C22H18BrN3O3S/c1-28-18-10-6-5-9-16(18)17(27)14-30-22-25-24-21(19-11-12-20(23)29-19)26(22)13-15-7-3-2-4-8-15/h2-12H,13-14H2,1H3. The second-order valence-corrected chi connectivity index (χ2v) is 8.12. The number of nitrogens with zero attached hydrogens (tertiary/aromatic N) is 3. The van der Waals surface area contributed by atoms with Gasteiger partial charge in [0.15, 0.2) is 21.4 Å². The molecule has 0 atom stereocenters. The van der Waals surface area contributed by atoms with E-state index >= 15 is 0 Å². The van der Waals surface area contributed by atoms with Crippen molar-refractivity contribution in [3.05, 3.63) is 82.5 Å². The summed E-state index contributed by atoms with van der Waals surface area (Å²) in [4.78, 5) is 12.8. The summed E-state index contributed by atoms with van der Waals surface area (Å²) in [5, 5.41) is 9.29. The fraction of sp³-hybridized carbons (Fsp3) is 0.136. The van der Waals surface area contributed by atoms with Crippen LogP contribution in [-0.4, -0.2) is 33.4 Å². The van der Waals surface area contributed by atoms with Gasteiger partial charge < -0.3 is 9.15 Å². The third-order valence-corrected chi connectivity index (χ3v) is 5.83. The van der Waals surface area contributed by atoms with Crippen molar-refractivity contribution in [1.29, 1.82) is 0 Å². The molecule has 4 rings (SSSR count). The van der Waals surface area contributed by atoms with Crippen LogP contribution in [0.5, 0.6) is 5.75 Å². The van der Waals surface area contributed by atoms with Gasteiger partial charge in [0.2, 0.25) is 5.82 Å². The number of aromatic nitrogens is 3. The molecule has 0 aliphatic heterocycles. The highest BCUT2D eigenvalue weighted by molar-refractivity contribution is 9.10. The van der Waals surface area contributed by atoms with Crippen molar-refractivity contribution >= 4 is 33.5 Å². The summed E-state index contributed by atoms with van der Waals surface area (Å²) in [6, 6.07) is 20.9. The van der Waals surface area contributed by atoms with Gasteiger partial charge in [0.1, 0.15) is 5.75 Å². The normalized spacial score (nSPS) is 10.9. The summed E-state index contributed by atoms with van der Waals surface area (Å²) in [5.41, 5.74) is 1.65. The van der Waals surface area contributed by atoms with Crippen LogP contribution in [0, 0.1) is 0 Å². The van der Waals surface area contributed by atoms with Crippen molar-refractivity contribution in [3.8, 4) is 17.3 Å². The smallest absolute Gasteiger partial charge is 0.200 e. The number of ketones is 1. The summed E-state index contributed by atoms with van der Waals surface area (Å²) in [6.07, 6.45) is 0. The summed E-state index contributed by atoms with van der Waals surface area (Å²) in [6.45, 7) is 0.562. The van der Waals surface area contributed by atoms with Crippen molar-refractivity contribution < 1.29 is 13.9 Å². The van der Waals surface area contributed by atoms with E-state index in [1.54, 1.807) is 19.2 Å². The Morgan fingerprint density at radius 3 is 2.57 bits per heavy atom. The zero-order valence-corrected chi connectivity index (χ0v) is 18.5. The molecule has 2 aromatic heterocycles. The molecule has 0 saturated heterocycles. The lowest BCUT2D eigenvalue weighted by molar-refractivity contribution is 0.101. The Balaban J connectivity index is 1.61. The third kappa shape index (κ3) is 4.49. The number of halogens is 1. The molecule has 0 unspecified atom stereocenters. The maximum atomic E-state index is 12.8. The molecule has 0 fully saturated rings. The predicted octanol–water partition coefficient (Wildman–Crippen LogP) is 5.33. The van der Waals surface area contributed by atoms with Crippen LogP contribution in [0.1, 0.15) is 15.9 Å². The largest absolute Gasteiger partial charge is 0.496 e. The quantitative estimate of drug-likeness (QED) is 0.249. The van der Waals surface area contributed by atoms with Crippen molar-refractivity contribution in [2.24, 2.45) is 0 Å². The Morgan fingerprint density at radius 2 is 1.83 bits per heavy atom. The zero-order valence-electron chi connectivity index (χ0n) is 16.1. The van der Waals surface area contributed by atoms with Crippen molar-refractivity contribution in [3.63, 3.8) is 0 Å². The molecular weight excluding hydrogens is 466 g/mol. The van der Waals surface area contributed by atoms with E-state index in [0.29, 0.717) is 39.3 Å². The number of methoxy groups -OCH3 is 1. The molecule has 0 bridgehead atoms. The van der Waals surface area contributed by atoms with Crippen LogP contribution in [0.3, 0.4) is 0 Å². The first-order valence-electron chi connectivity index (χ1n) is 9.17. The number of hydrogen-bond acceptors (Lipinski definition) is 6. The topological polar surface area (TPSA) is 70.2 Å². The van der Waals surface area contributed by atoms with Crippen molar-refractivity contribution in [2.75, 3.05) is 12.9 Å². The molecule has 0 N–H and O–H groups in total. The van der Waals surface area contributed by atoms with Gasteiger partial charge >= 0.3 is 0 Å². The Hall–Kier alpha value is -2.84. The number of benzene rings is 2. The molecule has 0 saturated carbocycles. The first-order chi connectivity index (χ1) is 14.7. The van der Waals surface area contributed by atoms with E-state index in [1.807, 2.05) is 59.2 Å². The molecule has 152 valence electrons.